The van der Waals surface area contributed by atoms with Crippen molar-refractivity contribution in [2.75, 3.05) is 21.3 Å². The third-order valence-corrected chi connectivity index (χ3v) is 2.95. The van der Waals surface area contributed by atoms with Crippen molar-refractivity contribution < 1.29 is 28.8 Å². The molecule has 0 unspecified atom stereocenters. The standard InChI is InChI=1S/C15H21O6/c1-15(2,19-5)8-9-20-21-14(16)12-7-6-11(17-3)10-13(12)18-4/h6-7,9-10H,8H2,1-5H3. The second-order valence-electron chi connectivity index (χ2n) is 4.87. The average Bonchev–Trinajstić information content (AvgIpc) is 2.50. The Hall–Kier alpha value is -1.79. The molecule has 0 atom stereocenters. The summed E-state index contributed by atoms with van der Waals surface area (Å²) >= 11 is 0. The Morgan fingerprint density at radius 3 is 2.48 bits per heavy atom. The Kier molecular flexibility index (Phi) is 6.45. The van der Waals surface area contributed by atoms with Crippen molar-refractivity contribution in [1.29, 1.82) is 0 Å². The van der Waals surface area contributed by atoms with Crippen molar-refractivity contribution >= 4 is 5.97 Å². The van der Waals surface area contributed by atoms with Crippen molar-refractivity contribution in [3.8, 4) is 11.5 Å². The summed E-state index contributed by atoms with van der Waals surface area (Å²) in [7, 11) is 4.59. The van der Waals surface area contributed by atoms with Crippen LogP contribution in [0.3, 0.4) is 0 Å². The van der Waals surface area contributed by atoms with Gasteiger partial charge in [-0.25, -0.2) is 4.79 Å². The maximum atomic E-state index is 11.9. The van der Waals surface area contributed by atoms with E-state index in [0.717, 1.165) is 0 Å². The summed E-state index contributed by atoms with van der Waals surface area (Å²) in [6.45, 7) is 5.15. The molecule has 0 N–H and O–H groups in total. The molecule has 1 aromatic rings. The molecule has 21 heavy (non-hydrogen) atoms. The zero-order chi connectivity index (χ0) is 15.9. The van der Waals surface area contributed by atoms with E-state index in [1.54, 1.807) is 25.3 Å². The normalized spacial score (nSPS) is 11.1. The van der Waals surface area contributed by atoms with Gasteiger partial charge in [0.2, 0.25) is 0 Å². The molecular weight excluding hydrogens is 276 g/mol. The van der Waals surface area contributed by atoms with Gasteiger partial charge in [0.25, 0.3) is 0 Å². The summed E-state index contributed by atoms with van der Waals surface area (Å²) in [4.78, 5) is 21.4. The molecule has 1 rings (SSSR count). The fraction of sp³-hybridized carbons (Fsp3) is 0.467. The predicted molar refractivity (Wildman–Crippen MR) is 76.1 cm³/mol. The molecule has 0 aromatic heterocycles. The first kappa shape index (κ1) is 17.3. The van der Waals surface area contributed by atoms with Crippen molar-refractivity contribution in [3.63, 3.8) is 0 Å². The van der Waals surface area contributed by atoms with Gasteiger partial charge >= 0.3 is 5.97 Å². The van der Waals surface area contributed by atoms with Gasteiger partial charge in [-0.1, -0.05) is 0 Å². The first-order valence-corrected chi connectivity index (χ1v) is 6.40. The summed E-state index contributed by atoms with van der Waals surface area (Å²) in [6.07, 6.45) is 0.469. The van der Waals surface area contributed by atoms with Crippen LogP contribution in [0.1, 0.15) is 30.6 Å². The largest absolute Gasteiger partial charge is 0.497 e. The molecule has 117 valence electrons. The number of rotatable bonds is 8. The average molecular weight is 297 g/mol. The Labute approximate surface area is 124 Å². The minimum Gasteiger partial charge on any atom is -0.497 e. The number of hydrogen-bond donors (Lipinski definition) is 0. The number of carbonyl (C=O) groups is 1. The maximum Gasteiger partial charge on any atom is 0.376 e. The monoisotopic (exact) mass is 297 g/mol. The lowest BCUT2D eigenvalue weighted by molar-refractivity contribution is -0.218. The van der Waals surface area contributed by atoms with Gasteiger partial charge in [0.1, 0.15) is 23.7 Å². The zero-order valence-electron chi connectivity index (χ0n) is 13.0. The molecule has 0 saturated heterocycles. The van der Waals surface area contributed by atoms with Gasteiger partial charge in [0, 0.05) is 19.6 Å². The third-order valence-electron chi connectivity index (χ3n) is 2.95. The van der Waals surface area contributed by atoms with Crippen LogP contribution in [0, 0.1) is 6.61 Å². The molecular formula is C15H21O6. The SMILES string of the molecule is COc1ccc(C(=O)OO[CH]CC(C)(C)OC)c(OC)c1. The van der Waals surface area contributed by atoms with Crippen LogP contribution in [0.25, 0.3) is 0 Å². The summed E-state index contributed by atoms with van der Waals surface area (Å²) in [5, 5.41) is 0. The van der Waals surface area contributed by atoms with Crippen LogP contribution in [-0.4, -0.2) is 32.9 Å². The topological polar surface area (TPSA) is 63.2 Å². The van der Waals surface area contributed by atoms with Crippen LogP contribution in [-0.2, 0) is 14.5 Å². The quantitative estimate of drug-likeness (QED) is 0.418. The lowest BCUT2D eigenvalue weighted by atomic mass is 10.1. The first-order valence-electron chi connectivity index (χ1n) is 6.40. The molecule has 6 nitrogen and oxygen atoms in total. The van der Waals surface area contributed by atoms with E-state index in [9.17, 15) is 4.79 Å². The highest BCUT2D eigenvalue weighted by Gasteiger charge is 2.19. The second kappa shape index (κ2) is 7.85. The molecule has 0 spiro atoms. The molecule has 0 saturated carbocycles. The number of ether oxygens (including phenoxy) is 3. The molecule has 0 aliphatic heterocycles. The Bertz CT molecular complexity index is 469. The molecule has 0 amide bonds. The highest BCUT2D eigenvalue weighted by molar-refractivity contribution is 5.92. The molecule has 0 aliphatic carbocycles. The van der Waals surface area contributed by atoms with Crippen molar-refractivity contribution in [2.45, 2.75) is 25.9 Å². The van der Waals surface area contributed by atoms with Gasteiger partial charge in [0.05, 0.1) is 19.8 Å². The van der Waals surface area contributed by atoms with E-state index in [2.05, 4.69) is 0 Å². The lowest BCUT2D eigenvalue weighted by Crippen LogP contribution is -2.22. The van der Waals surface area contributed by atoms with E-state index in [1.165, 1.54) is 20.8 Å². The van der Waals surface area contributed by atoms with E-state index >= 15 is 0 Å². The molecule has 6 heteroatoms. The lowest BCUT2D eigenvalue weighted by Gasteiger charge is -2.21. The minimum atomic E-state index is -0.652. The minimum absolute atomic E-state index is 0.248. The van der Waals surface area contributed by atoms with E-state index in [-0.39, 0.29) is 11.2 Å². The molecule has 1 aromatic carbocycles. The van der Waals surface area contributed by atoms with Crippen LogP contribution < -0.4 is 9.47 Å². The number of hydrogen-bond acceptors (Lipinski definition) is 6. The third kappa shape index (κ3) is 5.24. The molecule has 0 aliphatic rings. The van der Waals surface area contributed by atoms with Crippen molar-refractivity contribution in [3.05, 3.63) is 30.4 Å². The summed E-state index contributed by atoms with van der Waals surface area (Å²) < 4.78 is 15.4. The Balaban J connectivity index is 2.56. The Morgan fingerprint density at radius 1 is 1.19 bits per heavy atom. The fourth-order valence-electron chi connectivity index (χ4n) is 1.41. The maximum absolute atomic E-state index is 11.9. The van der Waals surface area contributed by atoms with Crippen LogP contribution in [0.15, 0.2) is 18.2 Å². The predicted octanol–water partition coefficient (Wildman–Crippen LogP) is 2.77. The fourth-order valence-corrected chi connectivity index (χ4v) is 1.41. The van der Waals surface area contributed by atoms with Crippen LogP contribution in [0.5, 0.6) is 11.5 Å². The van der Waals surface area contributed by atoms with E-state index < -0.39 is 5.97 Å². The summed E-state index contributed by atoms with van der Waals surface area (Å²) in [6, 6.07) is 4.77. The number of methoxy groups -OCH3 is 3. The molecule has 0 heterocycles. The van der Waals surface area contributed by atoms with E-state index in [4.69, 9.17) is 24.0 Å². The smallest absolute Gasteiger partial charge is 0.376 e. The van der Waals surface area contributed by atoms with Gasteiger partial charge in [-0.2, -0.15) is 4.89 Å². The van der Waals surface area contributed by atoms with Crippen LogP contribution in [0.4, 0.5) is 0 Å². The van der Waals surface area contributed by atoms with Crippen LogP contribution >= 0.6 is 0 Å². The van der Waals surface area contributed by atoms with Gasteiger partial charge < -0.3 is 14.2 Å². The number of carbonyl (C=O) groups excluding carboxylic acids is 1. The van der Waals surface area contributed by atoms with Gasteiger partial charge in [-0.3, -0.25) is 4.89 Å². The molecule has 0 fully saturated rings. The van der Waals surface area contributed by atoms with Crippen molar-refractivity contribution in [1.82, 2.24) is 0 Å². The van der Waals surface area contributed by atoms with E-state index in [1.807, 2.05) is 13.8 Å². The van der Waals surface area contributed by atoms with Crippen molar-refractivity contribution in [2.24, 2.45) is 0 Å². The number of benzene rings is 1. The second-order valence-corrected chi connectivity index (χ2v) is 4.87. The van der Waals surface area contributed by atoms with Gasteiger partial charge in [0.15, 0.2) is 0 Å². The van der Waals surface area contributed by atoms with Gasteiger partial charge in [-0.05, 0) is 26.0 Å². The summed E-state index contributed by atoms with van der Waals surface area (Å²) in [5.41, 5.74) is -0.137. The Morgan fingerprint density at radius 2 is 1.90 bits per heavy atom. The first-order chi connectivity index (χ1) is 9.93. The van der Waals surface area contributed by atoms with Crippen LogP contribution in [0.2, 0.25) is 0 Å². The highest BCUT2D eigenvalue weighted by Crippen LogP contribution is 2.25. The zero-order valence-corrected chi connectivity index (χ0v) is 13.0. The van der Waals surface area contributed by atoms with Gasteiger partial charge in [-0.15, -0.1) is 0 Å². The highest BCUT2D eigenvalue weighted by atomic mass is 17.2. The molecule has 1 radical (unpaired) electrons. The molecule has 0 bridgehead atoms. The summed E-state index contributed by atoms with van der Waals surface area (Å²) in [5.74, 6) is 0.277. The van der Waals surface area contributed by atoms with E-state index in [0.29, 0.717) is 17.9 Å².